The van der Waals surface area contributed by atoms with Gasteiger partial charge in [0.2, 0.25) is 0 Å². The zero-order valence-corrected chi connectivity index (χ0v) is 7.66. The minimum atomic E-state index is -1.03. The van der Waals surface area contributed by atoms with Gasteiger partial charge in [-0.05, 0) is 24.1 Å². The minimum absolute atomic E-state index is 0.141. The Bertz CT molecular complexity index is 386. The van der Waals surface area contributed by atoms with Crippen molar-refractivity contribution in [3.05, 3.63) is 35.9 Å². The van der Waals surface area contributed by atoms with Crippen LogP contribution in [0.25, 0.3) is 0 Å². The van der Waals surface area contributed by atoms with Gasteiger partial charge in [-0.15, -0.1) is 6.58 Å². The highest BCUT2D eigenvalue weighted by atomic mass is 16.4. The van der Waals surface area contributed by atoms with Gasteiger partial charge in [0.15, 0.2) is 0 Å². The van der Waals surface area contributed by atoms with Crippen molar-refractivity contribution in [3.63, 3.8) is 0 Å². The third-order valence-electron chi connectivity index (χ3n) is 1.89. The zero-order chi connectivity index (χ0) is 10.7. The van der Waals surface area contributed by atoms with Gasteiger partial charge in [0.1, 0.15) is 0 Å². The number of hydrogen-bond donors (Lipinski definition) is 3. The van der Waals surface area contributed by atoms with E-state index in [1.165, 1.54) is 6.07 Å². The lowest BCUT2D eigenvalue weighted by Crippen LogP contribution is -2.06. The molecule has 0 aromatic heterocycles. The molecule has 0 aliphatic rings. The normalized spacial score (nSPS) is 9.71. The summed E-state index contributed by atoms with van der Waals surface area (Å²) in [6.45, 7) is 3.54. The molecule has 1 aromatic rings. The van der Waals surface area contributed by atoms with Gasteiger partial charge in [-0.3, -0.25) is 0 Å². The topological polar surface area (TPSA) is 89.3 Å². The predicted octanol–water partition coefficient (Wildman–Crippen LogP) is 1.28. The molecule has 1 aromatic carbocycles. The first-order chi connectivity index (χ1) is 6.56. The summed E-state index contributed by atoms with van der Waals surface area (Å²) < 4.78 is 0. The number of hydrogen-bond acceptors (Lipinski definition) is 3. The van der Waals surface area contributed by atoms with Gasteiger partial charge in [-0.25, -0.2) is 4.79 Å². The third kappa shape index (κ3) is 1.85. The highest BCUT2D eigenvalue weighted by molar-refractivity contribution is 5.92. The number of anilines is 2. The largest absolute Gasteiger partial charge is 0.478 e. The van der Waals surface area contributed by atoms with E-state index in [1.807, 2.05) is 0 Å². The molecule has 1 rings (SSSR count). The maximum absolute atomic E-state index is 10.9. The minimum Gasteiger partial charge on any atom is -0.478 e. The number of rotatable bonds is 3. The second-order valence-corrected chi connectivity index (χ2v) is 2.93. The van der Waals surface area contributed by atoms with E-state index >= 15 is 0 Å². The first kappa shape index (κ1) is 10.1. The molecule has 4 nitrogen and oxygen atoms in total. The van der Waals surface area contributed by atoms with Crippen molar-refractivity contribution >= 4 is 17.3 Å². The number of nitrogen functional groups attached to an aromatic ring is 2. The molecule has 14 heavy (non-hydrogen) atoms. The molecule has 0 radical (unpaired) electrons. The average Bonchev–Trinajstić information content (AvgIpc) is 2.09. The van der Waals surface area contributed by atoms with Crippen molar-refractivity contribution in [3.8, 4) is 0 Å². The van der Waals surface area contributed by atoms with Crippen LogP contribution in [-0.4, -0.2) is 11.1 Å². The zero-order valence-electron chi connectivity index (χ0n) is 7.66. The Morgan fingerprint density at radius 3 is 2.64 bits per heavy atom. The van der Waals surface area contributed by atoms with E-state index in [9.17, 15) is 4.79 Å². The van der Waals surface area contributed by atoms with Crippen LogP contribution in [0.5, 0.6) is 0 Å². The lowest BCUT2D eigenvalue weighted by atomic mass is 10.0. The van der Waals surface area contributed by atoms with Crippen molar-refractivity contribution < 1.29 is 9.90 Å². The van der Waals surface area contributed by atoms with Crippen molar-refractivity contribution in [2.75, 3.05) is 11.5 Å². The van der Waals surface area contributed by atoms with Crippen LogP contribution in [-0.2, 0) is 6.42 Å². The van der Waals surface area contributed by atoms with E-state index in [-0.39, 0.29) is 5.56 Å². The average molecular weight is 192 g/mol. The molecule has 0 saturated heterocycles. The standard InChI is InChI=1S/C10H12N2O2/c1-2-3-7-8(10(13)14)4-6(11)5-9(7)12/h2,4-5H,1,3,11-12H2,(H,13,14). The van der Waals surface area contributed by atoms with Crippen LogP contribution in [0.2, 0.25) is 0 Å². The van der Waals surface area contributed by atoms with Crippen molar-refractivity contribution in [2.45, 2.75) is 6.42 Å². The summed E-state index contributed by atoms with van der Waals surface area (Å²) in [5.41, 5.74) is 12.6. The maximum atomic E-state index is 10.9. The molecule has 0 atom stereocenters. The van der Waals surface area contributed by atoms with Gasteiger partial charge in [0.05, 0.1) is 5.56 Å². The number of carboxylic acid groups (broad SMARTS) is 1. The first-order valence-corrected chi connectivity index (χ1v) is 4.08. The molecular formula is C10H12N2O2. The lowest BCUT2D eigenvalue weighted by molar-refractivity contribution is 0.0696. The second kappa shape index (κ2) is 3.83. The predicted molar refractivity (Wildman–Crippen MR) is 56.1 cm³/mol. The smallest absolute Gasteiger partial charge is 0.336 e. The Morgan fingerprint density at radius 2 is 2.14 bits per heavy atom. The van der Waals surface area contributed by atoms with E-state index in [4.69, 9.17) is 16.6 Å². The van der Waals surface area contributed by atoms with Gasteiger partial charge in [0.25, 0.3) is 0 Å². The first-order valence-electron chi connectivity index (χ1n) is 4.08. The fourth-order valence-electron chi connectivity index (χ4n) is 1.28. The van der Waals surface area contributed by atoms with Gasteiger partial charge in [-0.2, -0.15) is 0 Å². The maximum Gasteiger partial charge on any atom is 0.336 e. The molecule has 74 valence electrons. The van der Waals surface area contributed by atoms with Crippen molar-refractivity contribution in [2.24, 2.45) is 0 Å². The van der Waals surface area contributed by atoms with Gasteiger partial charge in [0, 0.05) is 11.4 Å². The third-order valence-corrected chi connectivity index (χ3v) is 1.89. The molecule has 0 heterocycles. The van der Waals surface area contributed by atoms with Crippen LogP contribution < -0.4 is 11.5 Å². The van der Waals surface area contributed by atoms with Crippen LogP contribution in [0.15, 0.2) is 24.8 Å². The number of benzene rings is 1. The van der Waals surface area contributed by atoms with Crippen LogP contribution >= 0.6 is 0 Å². The van der Waals surface area contributed by atoms with Crippen LogP contribution in [0, 0.1) is 0 Å². The Kier molecular flexibility index (Phi) is 2.76. The highest BCUT2D eigenvalue weighted by Crippen LogP contribution is 2.22. The van der Waals surface area contributed by atoms with E-state index < -0.39 is 5.97 Å². The molecule has 0 unspecified atom stereocenters. The summed E-state index contributed by atoms with van der Waals surface area (Å²) in [5, 5.41) is 8.90. The molecule has 0 aliphatic carbocycles. The van der Waals surface area contributed by atoms with Crippen LogP contribution in [0.1, 0.15) is 15.9 Å². The summed E-state index contributed by atoms with van der Waals surface area (Å²) in [6.07, 6.45) is 2.03. The molecule has 4 heteroatoms. The van der Waals surface area contributed by atoms with Gasteiger partial charge in [-0.1, -0.05) is 6.08 Å². The summed E-state index contributed by atoms with van der Waals surface area (Å²) in [5.74, 6) is -1.03. The quantitative estimate of drug-likeness (QED) is 0.497. The Labute approximate surface area is 81.8 Å². The Morgan fingerprint density at radius 1 is 1.50 bits per heavy atom. The van der Waals surface area contributed by atoms with Crippen molar-refractivity contribution in [1.82, 2.24) is 0 Å². The molecule has 5 N–H and O–H groups in total. The van der Waals surface area contributed by atoms with E-state index in [0.29, 0.717) is 23.4 Å². The summed E-state index contributed by atoms with van der Waals surface area (Å²) in [6, 6.07) is 2.95. The molecule has 0 saturated carbocycles. The Balaban J connectivity index is 3.35. The fraction of sp³-hybridized carbons (Fsp3) is 0.100. The van der Waals surface area contributed by atoms with Crippen LogP contribution in [0.4, 0.5) is 11.4 Å². The number of allylic oxidation sites excluding steroid dienone is 1. The monoisotopic (exact) mass is 192 g/mol. The number of aromatic carboxylic acids is 1. The molecule has 0 spiro atoms. The summed E-state index contributed by atoms with van der Waals surface area (Å²) in [4.78, 5) is 10.9. The van der Waals surface area contributed by atoms with E-state index in [2.05, 4.69) is 6.58 Å². The van der Waals surface area contributed by atoms with Gasteiger partial charge >= 0.3 is 5.97 Å². The molecule has 0 bridgehead atoms. The molecule has 0 fully saturated rings. The van der Waals surface area contributed by atoms with E-state index in [1.54, 1.807) is 12.1 Å². The lowest BCUT2D eigenvalue weighted by Gasteiger charge is -2.08. The second-order valence-electron chi connectivity index (χ2n) is 2.93. The summed E-state index contributed by atoms with van der Waals surface area (Å²) in [7, 11) is 0. The molecular weight excluding hydrogens is 180 g/mol. The number of carbonyl (C=O) groups is 1. The van der Waals surface area contributed by atoms with Crippen LogP contribution in [0.3, 0.4) is 0 Å². The number of nitrogens with two attached hydrogens (primary N) is 2. The molecule has 0 amide bonds. The highest BCUT2D eigenvalue weighted by Gasteiger charge is 2.12. The molecule has 0 aliphatic heterocycles. The van der Waals surface area contributed by atoms with Crippen molar-refractivity contribution in [1.29, 1.82) is 0 Å². The van der Waals surface area contributed by atoms with Gasteiger partial charge < -0.3 is 16.6 Å². The number of carboxylic acids is 1. The van der Waals surface area contributed by atoms with E-state index in [0.717, 1.165) is 0 Å². The SMILES string of the molecule is C=CCc1c(N)cc(N)cc1C(=O)O. The Hall–Kier alpha value is -1.97. The fourth-order valence-corrected chi connectivity index (χ4v) is 1.28. The summed E-state index contributed by atoms with van der Waals surface area (Å²) >= 11 is 0.